The van der Waals surface area contributed by atoms with Crippen molar-refractivity contribution >= 4 is 34.8 Å². The first kappa shape index (κ1) is 16.4. The van der Waals surface area contributed by atoms with Crippen LogP contribution < -0.4 is 10.1 Å². The molecule has 0 radical (unpaired) electrons. The molecule has 22 heavy (non-hydrogen) atoms. The fraction of sp³-hybridized carbons (Fsp3) is 0.0769. The number of alkyl halides is 3. The van der Waals surface area contributed by atoms with Crippen LogP contribution in [0.25, 0.3) is 0 Å². The summed E-state index contributed by atoms with van der Waals surface area (Å²) < 4.78 is 39.8. The van der Waals surface area contributed by atoms with Gasteiger partial charge in [-0.15, -0.1) is 13.2 Å². The van der Waals surface area contributed by atoms with Gasteiger partial charge >= 0.3 is 6.36 Å². The van der Waals surface area contributed by atoms with E-state index in [2.05, 4.69) is 15.0 Å². The minimum Gasteiger partial charge on any atom is -0.406 e. The molecular formula is C13H7Cl2F3N2O2. The van der Waals surface area contributed by atoms with Crippen molar-refractivity contribution in [1.82, 2.24) is 4.98 Å². The van der Waals surface area contributed by atoms with Gasteiger partial charge < -0.3 is 10.1 Å². The predicted molar refractivity (Wildman–Crippen MR) is 75.3 cm³/mol. The highest BCUT2D eigenvalue weighted by atomic mass is 35.5. The second-order valence-electron chi connectivity index (χ2n) is 4.03. The lowest BCUT2D eigenvalue weighted by molar-refractivity contribution is -0.274. The number of pyridine rings is 1. The summed E-state index contributed by atoms with van der Waals surface area (Å²) in [6.45, 7) is 0. The highest BCUT2D eigenvalue weighted by Gasteiger charge is 2.30. The zero-order valence-corrected chi connectivity index (χ0v) is 12.1. The van der Waals surface area contributed by atoms with Crippen LogP contribution in [-0.2, 0) is 0 Å². The van der Waals surface area contributed by atoms with Gasteiger partial charge in [-0.3, -0.25) is 4.79 Å². The van der Waals surface area contributed by atoms with Gasteiger partial charge in [0.15, 0.2) is 0 Å². The molecule has 2 aromatic rings. The maximum Gasteiger partial charge on any atom is 0.573 e. The molecule has 1 amide bonds. The summed E-state index contributed by atoms with van der Waals surface area (Å²) in [5.41, 5.74) is 0.448. The van der Waals surface area contributed by atoms with Crippen molar-refractivity contribution in [1.29, 1.82) is 0 Å². The lowest BCUT2D eigenvalue weighted by atomic mass is 10.2. The number of nitrogens with one attached hydrogen (secondary N) is 1. The molecule has 0 fully saturated rings. The van der Waals surface area contributed by atoms with E-state index in [0.717, 1.165) is 12.1 Å². The zero-order chi connectivity index (χ0) is 16.3. The van der Waals surface area contributed by atoms with Crippen molar-refractivity contribution in [2.75, 3.05) is 5.32 Å². The predicted octanol–water partition coefficient (Wildman–Crippen LogP) is 4.54. The fourth-order valence-corrected chi connectivity index (χ4v) is 2.00. The van der Waals surface area contributed by atoms with Crippen LogP contribution in [0.1, 0.15) is 10.4 Å². The number of benzene rings is 1. The number of hydrogen-bond donors (Lipinski definition) is 1. The molecule has 0 spiro atoms. The summed E-state index contributed by atoms with van der Waals surface area (Å²) in [4.78, 5) is 15.7. The van der Waals surface area contributed by atoms with Crippen LogP contribution in [-0.4, -0.2) is 17.3 Å². The molecule has 0 saturated heterocycles. The third kappa shape index (κ3) is 4.78. The van der Waals surface area contributed by atoms with Crippen molar-refractivity contribution in [2.24, 2.45) is 0 Å². The molecule has 1 heterocycles. The van der Waals surface area contributed by atoms with Crippen LogP contribution in [0.15, 0.2) is 36.4 Å². The van der Waals surface area contributed by atoms with Gasteiger partial charge in [-0.05, 0) is 36.4 Å². The molecule has 0 aliphatic rings. The van der Waals surface area contributed by atoms with Crippen molar-refractivity contribution < 1.29 is 22.7 Å². The molecule has 0 aliphatic carbocycles. The number of carbonyl (C=O) groups excluding carboxylic acids is 1. The van der Waals surface area contributed by atoms with E-state index < -0.39 is 12.3 Å². The Hall–Kier alpha value is -1.99. The van der Waals surface area contributed by atoms with Crippen LogP contribution in [0, 0.1) is 0 Å². The topological polar surface area (TPSA) is 51.2 Å². The fourth-order valence-electron chi connectivity index (χ4n) is 1.54. The molecule has 9 heteroatoms. The Morgan fingerprint density at radius 3 is 2.14 bits per heavy atom. The van der Waals surface area contributed by atoms with Gasteiger partial charge in [0, 0.05) is 11.3 Å². The third-order valence-corrected chi connectivity index (χ3v) is 2.76. The van der Waals surface area contributed by atoms with Gasteiger partial charge in [0.2, 0.25) is 0 Å². The lowest BCUT2D eigenvalue weighted by Crippen LogP contribution is -2.17. The molecule has 0 saturated carbocycles. The maximum absolute atomic E-state index is 12.0. The van der Waals surface area contributed by atoms with Crippen molar-refractivity contribution in [3.8, 4) is 5.75 Å². The summed E-state index contributed by atoms with van der Waals surface area (Å²) in [5, 5.41) is 2.58. The largest absolute Gasteiger partial charge is 0.573 e. The SMILES string of the molecule is O=C(Nc1ccc(OC(F)(F)F)cc1)c1cc(Cl)nc(Cl)c1. The number of hydrogen-bond acceptors (Lipinski definition) is 3. The summed E-state index contributed by atoms with van der Waals surface area (Å²) in [7, 11) is 0. The quantitative estimate of drug-likeness (QED) is 0.826. The third-order valence-electron chi connectivity index (χ3n) is 2.37. The number of carbonyl (C=O) groups is 1. The molecule has 1 aromatic carbocycles. The Morgan fingerprint density at radius 2 is 1.64 bits per heavy atom. The van der Waals surface area contributed by atoms with Gasteiger partial charge in [-0.1, -0.05) is 23.2 Å². The normalized spacial score (nSPS) is 11.1. The summed E-state index contributed by atoms with van der Waals surface area (Å²) in [5.74, 6) is -0.920. The van der Waals surface area contributed by atoms with Crippen molar-refractivity contribution in [3.63, 3.8) is 0 Å². The molecule has 116 valence electrons. The molecule has 0 aliphatic heterocycles. The van der Waals surface area contributed by atoms with E-state index in [1.54, 1.807) is 0 Å². The highest BCUT2D eigenvalue weighted by molar-refractivity contribution is 6.33. The summed E-state index contributed by atoms with van der Waals surface area (Å²) in [6.07, 6.45) is -4.77. The number of rotatable bonds is 3. The first-order chi connectivity index (χ1) is 10.2. The van der Waals surface area contributed by atoms with E-state index in [-0.39, 0.29) is 27.3 Å². The number of halogens is 5. The van der Waals surface area contributed by atoms with E-state index in [4.69, 9.17) is 23.2 Å². The van der Waals surface area contributed by atoms with E-state index in [1.807, 2.05) is 0 Å². The molecule has 4 nitrogen and oxygen atoms in total. The number of ether oxygens (including phenoxy) is 1. The first-order valence-electron chi connectivity index (χ1n) is 5.73. The Bertz CT molecular complexity index is 670. The van der Waals surface area contributed by atoms with Crippen LogP contribution in [0.2, 0.25) is 10.3 Å². The van der Waals surface area contributed by atoms with E-state index in [9.17, 15) is 18.0 Å². The number of amides is 1. The molecule has 0 bridgehead atoms. The Kier molecular flexibility index (Phi) is 4.77. The van der Waals surface area contributed by atoms with Gasteiger partial charge in [0.25, 0.3) is 5.91 Å². The van der Waals surface area contributed by atoms with Crippen molar-refractivity contribution in [2.45, 2.75) is 6.36 Å². The smallest absolute Gasteiger partial charge is 0.406 e. The second-order valence-corrected chi connectivity index (χ2v) is 4.80. The monoisotopic (exact) mass is 350 g/mol. The standard InChI is InChI=1S/C13H7Cl2F3N2O2/c14-10-5-7(6-11(15)20-10)12(21)19-8-1-3-9(4-2-8)22-13(16,17)18/h1-6H,(H,19,21). The molecule has 2 rings (SSSR count). The van der Waals surface area contributed by atoms with Crippen LogP contribution >= 0.6 is 23.2 Å². The molecular weight excluding hydrogens is 344 g/mol. The molecule has 1 N–H and O–H groups in total. The zero-order valence-electron chi connectivity index (χ0n) is 10.6. The van der Waals surface area contributed by atoms with Crippen LogP contribution in [0.4, 0.5) is 18.9 Å². The summed E-state index contributed by atoms with van der Waals surface area (Å²) in [6, 6.07) is 7.31. The lowest BCUT2D eigenvalue weighted by Gasteiger charge is -2.10. The number of anilines is 1. The number of nitrogens with zero attached hydrogens (tertiary/aromatic N) is 1. The maximum atomic E-state index is 12.0. The van der Waals surface area contributed by atoms with E-state index >= 15 is 0 Å². The number of aromatic nitrogens is 1. The van der Waals surface area contributed by atoms with Gasteiger partial charge in [0.05, 0.1) is 0 Å². The molecule has 1 aromatic heterocycles. The highest BCUT2D eigenvalue weighted by Crippen LogP contribution is 2.24. The van der Waals surface area contributed by atoms with Gasteiger partial charge in [-0.2, -0.15) is 0 Å². The minimum atomic E-state index is -4.77. The molecule has 0 atom stereocenters. The van der Waals surface area contributed by atoms with Crippen LogP contribution in [0.3, 0.4) is 0 Å². The summed E-state index contributed by atoms with van der Waals surface area (Å²) >= 11 is 11.4. The van der Waals surface area contributed by atoms with Crippen LogP contribution in [0.5, 0.6) is 5.75 Å². The molecule has 0 unspecified atom stereocenters. The van der Waals surface area contributed by atoms with E-state index in [1.165, 1.54) is 24.3 Å². The Labute approximate surface area is 132 Å². The Morgan fingerprint density at radius 1 is 1.09 bits per heavy atom. The van der Waals surface area contributed by atoms with E-state index in [0.29, 0.717) is 0 Å². The average Bonchev–Trinajstić information content (AvgIpc) is 2.38. The average molecular weight is 351 g/mol. The van der Waals surface area contributed by atoms with Gasteiger partial charge in [0.1, 0.15) is 16.1 Å². The van der Waals surface area contributed by atoms with Crippen molar-refractivity contribution in [3.05, 3.63) is 52.3 Å². The van der Waals surface area contributed by atoms with Gasteiger partial charge in [-0.25, -0.2) is 4.98 Å². The first-order valence-corrected chi connectivity index (χ1v) is 6.49. The second kappa shape index (κ2) is 6.41. The minimum absolute atomic E-state index is 0.0478. The Balaban J connectivity index is 2.08.